The number of rotatable bonds is 5. The van der Waals surface area contributed by atoms with Crippen LogP contribution in [0.4, 0.5) is 34.3 Å². The molecule has 0 radical (unpaired) electrons. The molecule has 1 saturated carbocycles. The number of alkyl halides is 3. The summed E-state index contributed by atoms with van der Waals surface area (Å²) in [5, 5.41) is 10.0. The summed E-state index contributed by atoms with van der Waals surface area (Å²) >= 11 is 0. The Balaban J connectivity index is 1.34. The number of carbonyl (C=O) groups excluding carboxylic acids is 2. The molecule has 43 heavy (non-hydrogen) atoms. The van der Waals surface area contributed by atoms with Crippen LogP contribution in [-0.2, 0) is 16.0 Å². The summed E-state index contributed by atoms with van der Waals surface area (Å²) in [6.07, 6.45) is -1.67. The summed E-state index contributed by atoms with van der Waals surface area (Å²) in [6.45, 7) is 5.23. The highest BCUT2D eigenvalue weighted by Crippen LogP contribution is 2.35. The quantitative estimate of drug-likeness (QED) is 0.446. The molecular weight excluding hydrogens is 569 g/mol. The lowest BCUT2D eigenvalue weighted by atomic mass is 10.0. The first-order chi connectivity index (χ1) is 20.3. The number of halogens is 3. The number of piperazine rings is 1. The fourth-order valence-electron chi connectivity index (χ4n) is 5.32. The molecule has 2 atom stereocenters. The molecule has 0 spiro atoms. The minimum absolute atomic E-state index is 0.0388. The zero-order chi connectivity index (χ0) is 30.5. The van der Waals surface area contributed by atoms with Crippen molar-refractivity contribution >= 4 is 34.7 Å². The standard InChI is InChI=1S/C28H33F3N8O4/c1-27(2,3)43-26(41)37-11-19-13-42-14-20(12-37)39(19)24-21-10-32-38(15-28(29,30)31)23(21)35-22(36-24)16-4-6-17(7-5-16)33-25(40)34-18-8-9-18/h4-7,10,18-20H,8-9,11-15H2,1-3H3,(H2,33,34,40). The molecule has 2 unspecified atom stereocenters. The van der Waals surface area contributed by atoms with Gasteiger partial charge in [-0.1, -0.05) is 0 Å². The molecule has 3 aliphatic rings. The number of morpholine rings is 1. The first kappa shape index (κ1) is 29.0. The molecule has 230 valence electrons. The third-order valence-corrected chi connectivity index (χ3v) is 7.28. The minimum atomic E-state index is -4.51. The van der Waals surface area contributed by atoms with Crippen LogP contribution < -0.4 is 15.5 Å². The predicted molar refractivity (Wildman–Crippen MR) is 151 cm³/mol. The number of ether oxygens (including phenoxy) is 2. The molecule has 3 amide bonds. The van der Waals surface area contributed by atoms with Crippen molar-refractivity contribution in [1.29, 1.82) is 0 Å². The van der Waals surface area contributed by atoms with E-state index in [4.69, 9.17) is 14.5 Å². The van der Waals surface area contributed by atoms with Gasteiger partial charge in [-0.05, 0) is 57.9 Å². The molecule has 4 heterocycles. The van der Waals surface area contributed by atoms with Crippen molar-refractivity contribution in [3.05, 3.63) is 30.5 Å². The molecular formula is C28H33F3N8O4. The van der Waals surface area contributed by atoms with E-state index in [1.165, 1.54) is 6.20 Å². The highest BCUT2D eigenvalue weighted by molar-refractivity contribution is 5.91. The van der Waals surface area contributed by atoms with E-state index in [0.717, 1.165) is 17.5 Å². The first-order valence-corrected chi connectivity index (χ1v) is 14.2. The SMILES string of the molecule is CC(C)(C)OC(=O)N1CC2COCC(C1)N2c1nc(-c2ccc(NC(=O)NC3CC3)cc2)nc2c1cnn2CC(F)(F)F. The maximum Gasteiger partial charge on any atom is 0.410 e. The number of nitrogens with zero attached hydrogens (tertiary/aromatic N) is 6. The second-order valence-electron chi connectivity index (χ2n) is 12.1. The number of benzene rings is 1. The maximum absolute atomic E-state index is 13.5. The van der Waals surface area contributed by atoms with Gasteiger partial charge in [0.2, 0.25) is 0 Å². The van der Waals surface area contributed by atoms with Gasteiger partial charge in [0, 0.05) is 30.4 Å². The fourth-order valence-corrected chi connectivity index (χ4v) is 5.32. The third kappa shape index (κ3) is 6.60. The van der Waals surface area contributed by atoms with Crippen LogP contribution >= 0.6 is 0 Å². The number of anilines is 2. The van der Waals surface area contributed by atoms with E-state index in [2.05, 4.69) is 20.7 Å². The smallest absolute Gasteiger partial charge is 0.410 e. The van der Waals surface area contributed by atoms with Gasteiger partial charge in [-0.25, -0.2) is 24.2 Å². The predicted octanol–water partition coefficient (Wildman–Crippen LogP) is 4.16. The zero-order valence-corrected chi connectivity index (χ0v) is 24.0. The molecule has 1 aliphatic carbocycles. The van der Waals surface area contributed by atoms with Gasteiger partial charge in [0.1, 0.15) is 18.0 Å². The largest absolute Gasteiger partial charge is 0.444 e. The summed E-state index contributed by atoms with van der Waals surface area (Å²) in [7, 11) is 0. The number of carbonyl (C=O) groups is 2. The topological polar surface area (TPSA) is 127 Å². The Kier molecular flexibility index (Phi) is 7.30. The summed E-state index contributed by atoms with van der Waals surface area (Å²) in [5.41, 5.74) is 0.476. The number of fused-ring (bicyclic) bond motifs is 3. The summed E-state index contributed by atoms with van der Waals surface area (Å²) in [6, 6.07) is 6.02. The Morgan fingerprint density at radius 1 is 1.05 bits per heavy atom. The van der Waals surface area contributed by atoms with Gasteiger partial charge in [0.15, 0.2) is 11.5 Å². The number of hydrogen-bond donors (Lipinski definition) is 2. The van der Waals surface area contributed by atoms with Crippen molar-refractivity contribution in [2.24, 2.45) is 0 Å². The zero-order valence-electron chi connectivity index (χ0n) is 24.0. The van der Waals surface area contributed by atoms with E-state index in [0.29, 0.717) is 22.5 Å². The highest BCUT2D eigenvalue weighted by Gasteiger charge is 2.43. The lowest BCUT2D eigenvalue weighted by Gasteiger charge is -2.50. The van der Waals surface area contributed by atoms with Gasteiger partial charge < -0.3 is 29.9 Å². The molecule has 3 fully saturated rings. The van der Waals surface area contributed by atoms with Crippen LogP contribution in [0.15, 0.2) is 30.5 Å². The Morgan fingerprint density at radius 2 is 1.72 bits per heavy atom. The Morgan fingerprint density at radius 3 is 2.33 bits per heavy atom. The lowest BCUT2D eigenvalue weighted by Crippen LogP contribution is -2.66. The van der Waals surface area contributed by atoms with E-state index < -0.39 is 24.4 Å². The van der Waals surface area contributed by atoms with Crippen molar-refractivity contribution in [2.45, 2.75) is 70.1 Å². The van der Waals surface area contributed by atoms with Gasteiger partial charge >= 0.3 is 18.3 Å². The number of amides is 3. The second kappa shape index (κ2) is 10.8. The first-order valence-electron chi connectivity index (χ1n) is 14.2. The summed E-state index contributed by atoms with van der Waals surface area (Å²) in [5.74, 6) is 0.621. The molecule has 15 heteroatoms. The van der Waals surface area contributed by atoms with Gasteiger partial charge in [0.05, 0.1) is 36.9 Å². The van der Waals surface area contributed by atoms with E-state index in [1.54, 1.807) is 49.9 Å². The lowest BCUT2D eigenvalue weighted by molar-refractivity contribution is -0.141. The van der Waals surface area contributed by atoms with Gasteiger partial charge in [-0.3, -0.25) is 0 Å². The monoisotopic (exact) mass is 602 g/mol. The van der Waals surface area contributed by atoms with E-state index in [9.17, 15) is 22.8 Å². The maximum atomic E-state index is 13.5. The van der Waals surface area contributed by atoms with Crippen molar-refractivity contribution in [1.82, 2.24) is 30.0 Å². The fraction of sp³-hybridized carbons (Fsp3) is 0.536. The van der Waals surface area contributed by atoms with Gasteiger partial charge in [-0.2, -0.15) is 18.3 Å². The van der Waals surface area contributed by atoms with Crippen molar-refractivity contribution in [2.75, 3.05) is 36.5 Å². The van der Waals surface area contributed by atoms with E-state index in [-0.39, 0.29) is 61.9 Å². The molecule has 2 bridgehead atoms. The molecule has 2 N–H and O–H groups in total. The van der Waals surface area contributed by atoms with Crippen molar-refractivity contribution < 1.29 is 32.2 Å². The number of aromatic nitrogens is 4. The average Bonchev–Trinajstić information content (AvgIpc) is 3.64. The number of urea groups is 1. The van der Waals surface area contributed by atoms with Crippen LogP contribution in [0.2, 0.25) is 0 Å². The van der Waals surface area contributed by atoms with Crippen molar-refractivity contribution in [3.63, 3.8) is 0 Å². The molecule has 3 aromatic rings. The molecule has 6 rings (SSSR count). The van der Waals surface area contributed by atoms with Crippen LogP contribution in [0.1, 0.15) is 33.6 Å². The number of hydrogen-bond acceptors (Lipinski definition) is 8. The second-order valence-corrected chi connectivity index (χ2v) is 12.1. The van der Waals surface area contributed by atoms with Gasteiger partial charge in [0.25, 0.3) is 0 Å². The Hall–Kier alpha value is -4.14. The van der Waals surface area contributed by atoms with Crippen LogP contribution in [0.25, 0.3) is 22.4 Å². The van der Waals surface area contributed by atoms with E-state index in [1.807, 2.05) is 4.90 Å². The summed E-state index contributed by atoms with van der Waals surface area (Å²) in [4.78, 5) is 38.0. The van der Waals surface area contributed by atoms with Gasteiger partial charge in [-0.15, -0.1) is 0 Å². The highest BCUT2D eigenvalue weighted by atomic mass is 19.4. The van der Waals surface area contributed by atoms with Crippen LogP contribution in [-0.4, -0.2) is 93.0 Å². The van der Waals surface area contributed by atoms with E-state index >= 15 is 0 Å². The molecule has 2 aliphatic heterocycles. The molecule has 12 nitrogen and oxygen atoms in total. The number of nitrogens with one attached hydrogen (secondary N) is 2. The van der Waals surface area contributed by atoms with Crippen LogP contribution in [0, 0.1) is 0 Å². The molecule has 1 aromatic carbocycles. The van der Waals surface area contributed by atoms with Crippen LogP contribution in [0.3, 0.4) is 0 Å². The molecule has 2 saturated heterocycles. The normalized spacial score (nSPS) is 20.7. The van der Waals surface area contributed by atoms with Crippen LogP contribution in [0.5, 0.6) is 0 Å². The Bertz CT molecular complexity index is 1500. The molecule has 2 aromatic heterocycles. The minimum Gasteiger partial charge on any atom is -0.444 e. The van der Waals surface area contributed by atoms with Crippen molar-refractivity contribution in [3.8, 4) is 11.4 Å². The average molecular weight is 603 g/mol. The Labute approximate surface area is 245 Å². The summed E-state index contributed by atoms with van der Waals surface area (Å²) < 4.78 is 52.6. The third-order valence-electron chi connectivity index (χ3n) is 7.28.